The second-order valence-corrected chi connectivity index (χ2v) is 6.44. The van der Waals surface area contributed by atoms with Gasteiger partial charge in [0.2, 0.25) is 5.95 Å². The smallest absolute Gasteiger partial charge is 0.225 e. The predicted molar refractivity (Wildman–Crippen MR) is 85.7 cm³/mol. The van der Waals surface area contributed by atoms with E-state index in [1.54, 1.807) is 18.4 Å². The molecule has 0 radical (unpaired) electrons. The molecule has 5 nitrogen and oxygen atoms in total. The van der Waals surface area contributed by atoms with Crippen LogP contribution in [0.1, 0.15) is 20.3 Å². The summed E-state index contributed by atoms with van der Waals surface area (Å²) in [5.41, 5.74) is 0.156. The van der Waals surface area contributed by atoms with E-state index in [1.807, 2.05) is 12.4 Å². The van der Waals surface area contributed by atoms with Crippen molar-refractivity contribution >= 4 is 33.3 Å². The van der Waals surface area contributed by atoms with Gasteiger partial charge in [0.15, 0.2) is 0 Å². The van der Waals surface area contributed by atoms with Crippen molar-refractivity contribution in [2.45, 2.75) is 20.3 Å². The first kappa shape index (κ1) is 15.0. The third-order valence-electron chi connectivity index (χ3n) is 3.27. The van der Waals surface area contributed by atoms with Crippen LogP contribution in [0.2, 0.25) is 0 Å². The molecule has 2 aromatic heterocycles. The Morgan fingerprint density at radius 2 is 2.15 bits per heavy atom. The van der Waals surface area contributed by atoms with E-state index in [4.69, 9.17) is 4.74 Å². The lowest BCUT2D eigenvalue weighted by Crippen LogP contribution is -2.25. The highest BCUT2D eigenvalue weighted by atomic mass is 32.1. The van der Waals surface area contributed by atoms with E-state index in [2.05, 4.69) is 40.5 Å². The Morgan fingerprint density at radius 1 is 1.35 bits per heavy atom. The molecule has 2 N–H and O–H groups in total. The molecule has 20 heavy (non-hydrogen) atoms. The zero-order valence-electron chi connectivity index (χ0n) is 12.5. The summed E-state index contributed by atoms with van der Waals surface area (Å²) in [6, 6.07) is 2.06. The largest absolute Gasteiger partial charge is 0.385 e. The Balaban J connectivity index is 2.14. The van der Waals surface area contributed by atoms with Gasteiger partial charge in [0.25, 0.3) is 0 Å². The Hall–Kier alpha value is -1.40. The summed E-state index contributed by atoms with van der Waals surface area (Å²) < 4.78 is 5.16. The van der Waals surface area contributed by atoms with Crippen LogP contribution < -0.4 is 10.6 Å². The Bertz CT molecular complexity index is 567. The molecule has 0 aromatic carbocycles. The van der Waals surface area contributed by atoms with E-state index < -0.39 is 0 Å². The molecule has 0 saturated carbocycles. The van der Waals surface area contributed by atoms with E-state index >= 15 is 0 Å². The Morgan fingerprint density at radius 3 is 2.85 bits per heavy atom. The molecular weight excluding hydrogens is 272 g/mol. The molecule has 0 saturated heterocycles. The van der Waals surface area contributed by atoms with Crippen LogP contribution in [0.4, 0.5) is 11.8 Å². The number of hydrogen-bond acceptors (Lipinski definition) is 6. The number of ether oxygens (including phenoxy) is 1. The average Bonchev–Trinajstić information content (AvgIpc) is 2.90. The maximum absolute atomic E-state index is 5.16. The fourth-order valence-corrected chi connectivity index (χ4v) is 2.66. The zero-order valence-corrected chi connectivity index (χ0v) is 13.3. The molecule has 110 valence electrons. The monoisotopic (exact) mass is 294 g/mol. The summed E-state index contributed by atoms with van der Waals surface area (Å²) in [5.74, 6) is 1.54. The second-order valence-electron chi connectivity index (χ2n) is 5.55. The minimum absolute atomic E-state index is 0.156. The van der Waals surface area contributed by atoms with Crippen LogP contribution >= 0.6 is 11.3 Å². The number of anilines is 2. The van der Waals surface area contributed by atoms with Crippen molar-refractivity contribution in [3.63, 3.8) is 0 Å². The molecule has 0 atom stereocenters. The third-order valence-corrected chi connectivity index (χ3v) is 4.07. The SMILES string of the molecule is CNc1nc(NCC(C)(C)CCOC)c2ccsc2n1. The van der Waals surface area contributed by atoms with E-state index in [9.17, 15) is 0 Å². The highest BCUT2D eigenvalue weighted by Crippen LogP contribution is 2.28. The van der Waals surface area contributed by atoms with Gasteiger partial charge in [0.1, 0.15) is 10.6 Å². The minimum Gasteiger partial charge on any atom is -0.385 e. The van der Waals surface area contributed by atoms with Gasteiger partial charge < -0.3 is 15.4 Å². The van der Waals surface area contributed by atoms with Crippen LogP contribution in [0.15, 0.2) is 11.4 Å². The van der Waals surface area contributed by atoms with E-state index in [-0.39, 0.29) is 5.41 Å². The van der Waals surface area contributed by atoms with E-state index in [0.29, 0.717) is 5.95 Å². The van der Waals surface area contributed by atoms with Crippen molar-refractivity contribution in [3.05, 3.63) is 11.4 Å². The molecule has 2 rings (SSSR count). The number of fused-ring (bicyclic) bond motifs is 1. The van der Waals surface area contributed by atoms with Gasteiger partial charge in [0.05, 0.1) is 5.39 Å². The highest BCUT2D eigenvalue weighted by Gasteiger charge is 2.18. The van der Waals surface area contributed by atoms with Crippen molar-refractivity contribution in [1.82, 2.24) is 9.97 Å². The highest BCUT2D eigenvalue weighted by molar-refractivity contribution is 7.16. The fraction of sp³-hybridized carbons (Fsp3) is 0.571. The van der Waals surface area contributed by atoms with Gasteiger partial charge in [-0.3, -0.25) is 0 Å². The first-order valence-electron chi connectivity index (χ1n) is 6.71. The van der Waals surface area contributed by atoms with Gasteiger partial charge >= 0.3 is 0 Å². The standard InChI is InChI=1S/C14H22N4OS/c1-14(2,6-7-19-4)9-16-11-10-5-8-20-12(10)18-13(15-3)17-11/h5,8H,6-7,9H2,1-4H3,(H2,15,16,17,18). The lowest BCUT2D eigenvalue weighted by molar-refractivity contribution is 0.157. The molecule has 0 aliphatic heterocycles. The number of nitrogens with one attached hydrogen (secondary N) is 2. The van der Waals surface area contributed by atoms with Crippen LogP contribution in [0, 0.1) is 5.41 Å². The number of hydrogen-bond donors (Lipinski definition) is 2. The Labute approximate surface area is 123 Å². The maximum Gasteiger partial charge on any atom is 0.225 e. The molecule has 2 heterocycles. The number of nitrogens with zero attached hydrogens (tertiary/aromatic N) is 2. The normalized spacial score (nSPS) is 11.8. The lowest BCUT2D eigenvalue weighted by Gasteiger charge is -2.25. The van der Waals surface area contributed by atoms with Crippen LogP contribution in [-0.2, 0) is 4.74 Å². The molecule has 0 aliphatic rings. The van der Waals surface area contributed by atoms with Crippen LogP contribution in [-0.4, -0.2) is 37.3 Å². The summed E-state index contributed by atoms with van der Waals surface area (Å²) in [6.45, 7) is 6.07. The molecule has 0 spiro atoms. The van der Waals surface area contributed by atoms with Crippen LogP contribution in [0.25, 0.3) is 10.2 Å². The van der Waals surface area contributed by atoms with Gasteiger partial charge in [-0.2, -0.15) is 4.98 Å². The fourth-order valence-electron chi connectivity index (χ4n) is 1.89. The predicted octanol–water partition coefficient (Wildman–Crippen LogP) is 3.21. The molecule has 0 fully saturated rings. The van der Waals surface area contributed by atoms with Gasteiger partial charge in [-0.1, -0.05) is 13.8 Å². The summed E-state index contributed by atoms with van der Waals surface area (Å²) in [5, 5.41) is 9.58. The maximum atomic E-state index is 5.16. The van der Waals surface area contributed by atoms with E-state index in [0.717, 1.165) is 35.6 Å². The molecule has 0 amide bonds. The summed E-state index contributed by atoms with van der Waals surface area (Å²) in [6.07, 6.45) is 1.01. The minimum atomic E-state index is 0.156. The van der Waals surface area contributed by atoms with Gasteiger partial charge in [0, 0.05) is 27.3 Å². The lowest BCUT2D eigenvalue weighted by atomic mass is 9.90. The molecule has 0 unspecified atom stereocenters. The summed E-state index contributed by atoms with van der Waals surface area (Å²) >= 11 is 1.63. The van der Waals surface area contributed by atoms with Gasteiger partial charge in [-0.25, -0.2) is 4.98 Å². The molecular formula is C14H22N4OS. The van der Waals surface area contributed by atoms with Crippen LogP contribution in [0.5, 0.6) is 0 Å². The quantitative estimate of drug-likeness (QED) is 0.821. The number of rotatable bonds is 7. The first-order valence-corrected chi connectivity index (χ1v) is 7.59. The van der Waals surface area contributed by atoms with E-state index in [1.165, 1.54) is 0 Å². The van der Waals surface area contributed by atoms with Crippen molar-refractivity contribution in [3.8, 4) is 0 Å². The topological polar surface area (TPSA) is 59.1 Å². The molecule has 0 bridgehead atoms. The van der Waals surface area contributed by atoms with Crippen molar-refractivity contribution < 1.29 is 4.74 Å². The van der Waals surface area contributed by atoms with Crippen molar-refractivity contribution in [2.75, 3.05) is 37.9 Å². The first-order chi connectivity index (χ1) is 9.55. The molecule has 2 aromatic rings. The molecule has 0 aliphatic carbocycles. The van der Waals surface area contributed by atoms with Gasteiger partial charge in [-0.15, -0.1) is 11.3 Å². The molecule has 6 heteroatoms. The summed E-state index contributed by atoms with van der Waals surface area (Å²) in [4.78, 5) is 9.96. The summed E-state index contributed by atoms with van der Waals surface area (Å²) in [7, 11) is 3.57. The number of thiophene rings is 1. The third kappa shape index (κ3) is 3.58. The average molecular weight is 294 g/mol. The second kappa shape index (κ2) is 6.37. The van der Waals surface area contributed by atoms with Crippen LogP contribution in [0.3, 0.4) is 0 Å². The van der Waals surface area contributed by atoms with Crippen molar-refractivity contribution in [1.29, 1.82) is 0 Å². The Kier molecular flexibility index (Phi) is 4.77. The zero-order chi connectivity index (χ0) is 14.6. The number of aromatic nitrogens is 2. The number of methoxy groups -OCH3 is 1. The van der Waals surface area contributed by atoms with Gasteiger partial charge in [-0.05, 0) is 23.3 Å². The van der Waals surface area contributed by atoms with Crippen molar-refractivity contribution in [2.24, 2.45) is 5.41 Å².